The number of hydrogen-bond donors (Lipinski definition) is 2. The lowest BCUT2D eigenvalue weighted by Crippen LogP contribution is -2.20. The van der Waals surface area contributed by atoms with E-state index in [0.29, 0.717) is 0 Å². The summed E-state index contributed by atoms with van der Waals surface area (Å²) in [6.07, 6.45) is 0.216. The first kappa shape index (κ1) is 9.47. The smallest absolute Gasteiger partial charge is 0.247 e. The average Bonchev–Trinajstić information content (AvgIpc) is 2.04. The second-order valence-electron chi connectivity index (χ2n) is 2.34. The molecule has 0 aromatic heterocycles. The Morgan fingerprint density at radius 1 is 1.58 bits per heavy atom. The van der Waals surface area contributed by atoms with Crippen molar-refractivity contribution in [3.05, 3.63) is 33.4 Å². The van der Waals surface area contributed by atoms with Gasteiger partial charge in [-0.1, -0.05) is 12.1 Å². The topological polar surface area (TPSA) is 49.3 Å². The Balaban J connectivity index is 2.69. The highest BCUT2D eigenvalue weighted by atomic mass is 127. The van der Waals surface area contributed by atoms with Crippen LogP contribution in [0.2, 0.25) is 0 Å². The summed E-state index contributed by atoms with van der Waals surface area (Å²) in [5, 5.41) is 8.26. The maximum Gasteiger partial charge on any atom is 0.247 e. The SMILES string of the molecule is O=C(Cc1cccc(I)c1)NO. The number of rotatable bonds is 2. The molecule has 0 bridgehead atoms. The zero-order valence-electron chi connectivity index (χ0n) is 6.25. The lowest BCUT2D eigenvalue weighted by molar-refractivity contribution is -0.128. The molecular formula is C8H8INO2. The van der Waals surface area contributed by atoms with Crippen LogP contribution in [0.15, 0.2) is 24.3 Å². The Morgan fingerprint density at radius 3 is 2.92 bits per heavy atom. The number of halogens is 1. The van der Waals surface area contributed by atoms with E-state index < -0.39 is 5.91 Å². The van der Waals surface area contributed by atoms with Crippen molar-refractivity contribution in [2.24, 2.45) is 0 Å². The van der Waals surface area contributed by atoms with E-state index in [0.717, 1.165) is 9.13 Å². The molecule has 1 aromatic carbocycles. The summed E-state index contributed by atoms with van der Waals surface area (Å²) in [4.78, 5) is 10.7. The predicted octanol–water partition coefficient (Wildman–Crippen LogP) is 1.34. The molecule has 0 radical (unpaired) electrons. The van der Waals surface area contributed by atoms with Gasteiger partial charge in [0.2, 0.25) is 5.91 Å². The van der Waals surface area contributed by atoms with E-state index in [1.807, 2.05) is 24.3 Å². The minimum absolute atomic E-state index is 0.216. The number of carbonyl (C=O) groups excluding carboxylic acids is 1. The number of benzene rings is 1. The monoisotopic (exact) mass is 277 g/mol. The van der Waals surface area contributed by atoms with Gasteiger partial charge in [-0.15, -0.1) is 0 Å². The molecular weight excluding hydrogens is 269 g/mol. The Kier molecular flexibility index (Phi) is 3.48. The van der Waals surface area contributed by atoms with Crippen molar-refractivity contribution in [2.45, 2.75) is 6.42 Å². The third-order valence-corrected chi connectivity index (χ3v) is 2.05. The average molecular weight is 277 g/mol. The van der Waals surface area contributed by atoms with Gasteiger partial charge in [0, 0.05) is 3.57 Å². The van der Waals surface area contributed by atoms with E-state index in [2.05, 4.69) is 22.6 Å². The van der Waals surface area contributed by atoms with Crippen LogP contribution in [0.3, 0.4) is 0 Å². The van der Waals surface area contributed by atoms with Gasteiger partial charge >= 0.3 is 0 Å². The first-order chi connectivity index (χ1) is 5.72. The highest BCUT2D eigenvalue weighted by Gasteiger charge is 2.00. The molecule has 4 heteroatoms. The van der Waals surface area contributed by atoms with E-state index in [4.69, 9.17) is 5.21 Å². The maximum atomic E-state index is 10.7. The normalized spacial score (nSPS) is 9.50. The molecule has 1 rings (SSSR count). The maximum absolute atomic E-state index is 10.7. The van der Waals surface area contributed by atoms with Crippen LogP contribution in [-0.4, -0.2) is 11.1 Å². The fourth-order valence-electron chi connectivity index (χ4n) is 0.872. The Labute approximate surface area is 83.9 Å². The Hall–Kier alpha value is -0.620. The first-order valence-corrected chi connectivity index (χ1v) is 4.47. The molecule has 1 aromatic rings. The number of carbonyl (C=O) groups is 1. The Bertz CT molecular complexity index is 288. The highest BCUT2D eigenvalue weighted by Crippen LogP contribution is 2.07. The molecule has 0 saturated heterocycles. The predicted molar refractivity (Wildman–Crippen MR) is 52.8 cm³/mol. The van der Waals surface area contributed by atoms with E-state index in [9.17, 15) is 4.79 Å². The van der Waals surface area contributed by atoms with Crippen LogP contribution in [0.5, 0.6) is 0 Å². The second kappa shape index (κ2) is 4.42. The molecule has 3 nitrogen and oxygen atoms in total. The molecule has 0 atom stereocenters. The summed E-state index contributed by atoms with van der Waals surface area (Å²) >= 11 is 2.17. The van der Waals surface area contributed by atoms with Gasteiger partial charge in [-0.2, -0.15) is 0 Å². The molecule has 0 saturated carbocycles. The molecule has 0 aliphatic heterocycles. The van der Waals surface area contributed by atoms with E-state index in [1.54, 1.807) is 5.48 Å². The molecule has 12 heavy (non-hydrogen) atoms. The van der Waals surface area contributed by atoms with Crippen LogP contribution < -0.4 is 5.48 Å². The van der Waals surface area contributed by atoms with Gasteiger partial charge in [-0.25, -0.2) is 5.48 Å². The number of hydroxylamine groups is 1. The summed E-state index contributed by atoms with van der Waals surface area (Å²) in [5.41, 5.74) is 2.49. The molecule has 0 unspecified atom stereocenters. The summed E-state index contributed by atoms with van der Waals surface area (Å²) in [5.74, 6) is -0.392. The van der Waals surface area contributed by atoms with Gasteiger partial charge in [0.15, 0.2) is 0 Å². The number of hydrogen-bond acceptors (Lipinski definition) is 2. The van der Waals surface area contributed by atoms with Crippen molar-refractivity contribution in [3.63, 3.8) is 0 Å². The molecule has 1 amide bonds. The van der Waals surface area contributed by atoms with Crippen molar-refractivity contribution < 1.29 is 10.0 Å². The van der Waals surface area contributed by atoms with Crippen molar-refractivity contribution in [1.82, 2.24) is 5.48 Å². The molecule has 0 spiro atoms. The van der Waals surface area contributed by atoms with Crippen LogP contribution in [-0.2, 0) is 11.2 Å². The molecule has 0 aliphatic rings. The van der Waals surface area contributed by atoms with Gasteiger partial charge in [0.05, 0.1) is 6.42 Å². The molecule has 0 aliphatic carbocycles. The van der Waals surface area contributed by atoms with Crippen molar-refractivity contribution in [2.75, 3.05) is 0 Å². The summed E-state index contributed by atoms with van der Waals surface area (Å²) in [6.45, 7) is 0. The zero-order chi connectivity index (χ0) is 8.97. The fourth-order valence-corrected chi connectivity index (χ4v) is 1.48. The lowest BCUT2D eigenvalue weighted by atomic mass is 10.1. The molecule has 0 fully saturated rings. The van der Waals surface area contributed by atoms with Gasteiger partial charge in [0.1, 0.15) is 0 Å². The van der Waals surface area contributed by atoms with E-state index in [-0.39, 0.29) is 6.42 Å². The van der Waals surface area contributed by atoms with Crippen LogP contribution in [0.4, 0.5) is 0 Å². The van der Waals surface area contributed by atoms with Gasteiger partial charge in [0.25, 0.3) is 0 Å². The fraction of sp³-hybridized carbons (Fsp3) is 0.125. The molecule has 2 N–H and O–H groups in total. The van der Waals surface area contributed by atoms with Crippen LogP contribution in [0.1, 0.15) is 5.56 Å². The second-order valence-corrected chi connectivity index (χ2v) is 3.59. The molecule has 0 heterocycles. The summed E-state index contributed by atoms with van der Waals surface area (Å²) in [6, 6.07) is 7.57. The summed E-state index contributed by atoms with van der Waals surface area (Å²) < 4.78 is 1.08. The third-order valence-electron chi connectivity index (χ3n) is 1.38. The minimum atomic E-state index is -0.392. The van der Waals surface area contributed by atoms with Crippen molar-refractivity contribution in [3.8, 4) is 0 Å². The van der Waals surface area contributed by atoms with Gasteiger partial charge in [-0.3, -0.25) is 10.0 Å². The first-order valence-electron chi connectivity index (χ1n) is 3.40. The van der Waals surface area contributed by atoms with Gasteiger partial charge in [-0.05, 0) is 40.3 Å². The third kappa shape index (κ3) is 2.78. The van der Waals surface area contributed by atoms with Crippen LogP contribution in [0.25, 0.3) is 0 Å². The van der Waals surface area contributed by atoms with Crippen molar-refractivity contribution in [1.29, 1.82) is 0 Å². The minimum Gasteiger partial charge on any atom is -0.289 e. The Morgan fingerprint density at radius 2 is 2.33 bits per heavy atom. The van der Waals surface area contributed by atoms with Crippen LogP contribution in [0, 0.1) is 3.57 Å². The van der Waals surface area contributed by atoms with E-state index >= 15 is 0 Å². The quantitative estimate of drug-likeness (QED) is 0.487. The number of nitrogens with one attached hydrogen (secondary N) is 1. The molecule has 64 valence electrons. The highest BCUT2D eigenvalue weighted by molar-refractivity contribution is 14.1. The zero-order valence-corrected chi connectivity index (χ0v) is 8.41. The van der Waals surface area contributed by atoms with Gasteiger partial charge < -0.3 is 0 Å². The standard InChI is InChI=1S/C8H8INO2/c9-7-3-1-2-6(4-7)5-8(11)10-12/h1-4,12H,5H2,(H,10,11). The van der Waals surface area contributed by atoms with Crippen molar-refractivity contribution >= 4 is 28.5 Å². The summed E-state index contributed by atoms with van der Waals surface area (Å²) in [7, 11) is 0. The number of amides is 1. The lowest BCUT2D eigenvalue weighted by Gasteiger charge is -1.99. The largest absolute Gasteiger partial charge is 0.289 e. The van der Waals surface area contributed by atoms with E-state index in [1.165, 1.54) is 0 Å². The van der Waals surface area contributed by atoms with Crippen LogP contribution >= 0.6 is 22.6 Å².